The summed E-state index contributed by atoms with van der Waals surface area (Å²) in [6.07, 6.45) is 3.19. The lowest BCUT2D eigenvalue weighted by molar-refractivity contribution is 0.0964. The Balaban J connectivity index is 2.86. The van der Waals surface area contributed by atoms with E-state index >= 15 is 0 Å². The average Bonchev–Trinajstić information content (AvgIpc) is 2.71. The van der Waals surface area contributed by atoms with E-state index < -0.39 is 0 Å². The van der Waals surface area contributed by atoms with Gasteiger partial charge in [0.05, 0.1) is 5.56 Å². The Labute approximate surface area is 85.7 Å². The third-order valence-electron chi connectivity index (χ3n) is 2.37. The van der Waals surface area contributed by atoms with Crippen LogP contribution in [0.2, 0.25) is 0 Å². The Morgan fingerprint density at radius 2 is 2.27 bits per heavy atom. The van der Waals surface area contributed by atoms with Gasteiger partial charge in [-0.05, 0) is 6.07 Å². The molecule has 1 amide bonds. The third-order valence-corrected chi connectivity index (χ3v) is 2.37. The van der Waals surface area contributed by atoms with E-state index in [-0.39, 0.29) is 11.5 Å². The summed E-state index contributed by atoms with van der Waals surface area (Å²) in [6.45, 7) is 0. The molecule has 2 rings (SSSR count). The molecular weight excluding hydrogens is 194 g/mol. The maximum Gasteiger partial charge on any atom is 0.274 e. The summed E-state index contributed by atoms with van der Waals surface area (Å²) in [7, 11) is 3.18. The van der Waals surface area contributed by atoms with E-state index in [4.69, 9.17) is 0 Å². The smallest absolute Gasteiger partial charge is 0.274 e. The third kappa shape index (κ3) is 1.32. The van der Waals surface area contributed by atoms with E-state index in [1.54, 1.807) is 26.4 Å². The molecule has 0 saturated carbocycles. The maximum absolute atomic E-state index is 11.7. The van der Waals surface area contributed by atoms with Gasteiger partial charge in [0.2, 0.25) is 0 Å². The lowest BCUT2D eigenvalue weighted by Crippen LogP contribution is -2.23. The standard InChI is InChI=1S/C10H11N3O2/c1-11-9(14)7-5-13(2)10(15)8-6(7)3-4-12-8/h3-5,12H,1-2H3,(H,11,14). The zero-order valence-corrected chi connectivity index (χ0v) is 8.50. The van der Waals surface area contributed by atoms with Gasteiger partial charge in [-0.25, -0.2) is 0 Å². The molecule has 0 unspecified atom stereocenters. The van der Waals surface area contributed by atoms with Gasteiger partial charge < -0.3 is 14.9 Å². The van der Waals surface area contributed by atoms with Crippen LogP contribution < -0.4 is 10.9 Å². The van der Waals surface area contributed by atoms with E-state index in [0.717, 1.165) is 0 Å². The number of aromatic amines is 1. The zero-order chi connectivity index (χ0) is 11.0. The summed E-state index contributed by atoms with van der Waals surface area (Å²) in [4.78, 5) is 26.0. The minimum Gasteiger partial charge on any atom is -0.357 e. The highest BCUT2D eigenvalue weighted by Gasteiger charge is 2.12. The van der Waals surface area contributed by atoms with E-state index in [2.05, 4.69) is 10.3 Å². The van der Waals surface area contributed by atoms with Crippen molar-refractivity contribution in [1.29, 1.82) is 0 Å². The molecule has 5 nitrogen and oxygen atoms in total. The Bertz CT molecular complexity index is 580. The second-order valence-corrected chi connectivity index (χ2v) is 3.30. The molecule has 2 heterocycles. The normalized spacial score (nSPS) is 10.5. The summed E-state index contributed by atoms with van der Waals surface area (Å²) in [6, 6.07) is 1.72. The maximum atomic E-state index is 11.7. The largest absolute Gasteiger partial charge is 0.357 e. The number of nitrogens with zero attached hydrogens (tertiary/aromatic N) is 1. The lowest BCUT2D eigenvalue weighted by atomic mass is 10.1. The summed E-state index contributed by atoms with van der Waals surface area (Å²) in [5.41, 5.74) is 0.817. The van der Waals surface area contributed by atoms with Crippen molar-refractivity contribution in [3.8, 4) is 0 Å². The summed E-state index contributed by atoms with van der Waals surface area (Å²) >= 11 is 0. The number of hydrogen-bond donors (Lipinski definition) is 2. The predicted molar refractivity (Wildman–Crippen MR) is 56.9 cm³/mol. The molecule has 0 aliphatic heterocycles. The Hall–Kier alpha value is -2.04. The van der Waals surface area contributed by atoms with E-state index in [9.17, 15) is 9.59 Å². The molecule has 2 aromatic rings. The first-order valence-electron chi connectivity index (χ1n) is 4.54. The minimum atomic E-state index is -0.199. The fourth-order valence-corrected chi connectivity index (χ4v) is 1.58. The van der Waals surface area contributed by atoms with Crippen molar-refractivity contribution in [3.63, 3.8) is 0 Å². The van der Waals surface area contributed by atoms with Gasteiger partial charge in [0.15, 0.2) is 0 Å². The summed E-state index contributed by atoms with van der Waals surface area (Å²) in [5, 5.41) is 3.19. The van der Waals surface area contributed by atoms with Crippen LogP contribution in [0.1, 0.15) is 10.4 Å². The zero-order valence-electron chi connectivity index (χ0n) is 8.50. The van der Waals surface area contributed by atoms with E-state index in [1.165, 1.54) is 10.8 Å². The number of aromatic nitrogens is 2. The number of carbonyl (C=O) groups is 1. The molecule has 2 aromatic heterocycles. The van der Waals surface area contributed by atoms with Crippen LogP contribution in [-0.2, 0) is 7.05 Å². The van der Waals surface area contributed by atoms with E-state index in [0.29, 0.717) is 16.5 Å². The van der Waals surface area contributed by atoms with Gasteiger partial charge >= 0.3 is 0 Å². The van der Waals surface area contributed by atoms with Gasteiger partial charge in [-0.15, -0.1) is 0 Å². The molecule has 78 valence electrons. The van der Waals surface area contributed by atoms with Gasteiger partial charge in [0.25, 0.3) is 11.5 Å². The number of H-pyrrole nitrogens is 1. The second-order valence-electron chi connectivity index (χ2n) is 3.30. The number of fused-ring (bicyclic) bond motifs is 1. The first-order valence-corrected chi connectivity index (χ1v) is 4.54. The number of hydrogen-bond acceptors (Lipinski definition) is 2. The molecule has 0 spiro atoms. The van der Waals surface area contributed by atoms with Crippen LogP contribution in [0.3, 0.4) is 0 Å². The van der Waals surface area contributed by atoms with Crippen molar-refractivity contribution >= 4 is 16.8 Å². The number of aryl methyl sites for hydroxylation is 1. The number of pyridine rings is 1. The molecule has 0 radical (unpaired) electrons. The number of amides is 1. The lowest BCUT2D eigenvalue weighted by Gasteiger charge is -2.04. The van der Waals surface area contributed by atoms with Crippen LogP contribution >= 0.6 is 0 Å². The Morgan fingerprint density at radius 1 is 1.53 bits per heavy atom. The van der Waals surface area contributed by atoms with Crippen LogP contribution in [0.15, 0.2) is 23.3 Å². The van der Waals surface area contributed by atoms with Crippen molar-refractivity contribution in [3.05, 3.63) is 34.4 Å². The van der Waals surface area contributed by atoms with Crippen molar-refractivity contribution < 1.29 is 4.79 Å². The molecule has 2 N–H and O–H groups in total. The highest BCUT2D eigenvalue weighted by atomic mass is 16.1. The van der Waals surface area contributed by atoms with Crippen LogP contribution in [0.25, 0.3) is 10.9 Å². The highest BCUT2D eigenvalue weighted by Crippen LogP contribution is 2.13. The first-order chi connectivity index (χ1) is 7.15. The predicted octanol–water partition coefficient (Wildman–Crippen LogP) is 0.226. The van der Waals surface area contributed by atoms with Crippen LogP contribution in [-0.4, -0.2) is 22.5 Å². The first kappa shape index (κ1) is 9.51. The fraction of sp³-hybridized carbons (Fsp3) is 0.200. The quantitative estimate of drug-likeness (QED) is 0.699. The van der Waals surface area contributed by atoms with Crippen molar-refractivity contribution in [2.45, 2.75) is 0 Å². The molecule has 15 heavy (non-hydrogen) atoms. The van der Waals surface area contributed by atoms with Gasteiger partial charge in [-0.3, -0.25) is 9.59 Å². The highest BCUT2D eigenvalue weighted by molar-refractivity contribution is 6.05. The average molecular weight is 205 g/mol. The minimum absolute atomic E-state index is 0.136. The van der Waals surface area contributed by atoms with Crippen LogP contribution in [0.4, 0.5) is 0 Å². The number of carbonyl (C=O) groups excluding carboxylic acids is 1. The van der Waals surface area contributed by atoms with Gasteiger partial charge in [-0.2, -0.15) is 0 Å². The second kappa shape index (κ2) is 3.27. The van der Waals surface area contributed by atoms with Gasteiger partial charge in [0, 0.05) is 31.9 Å². The summed E-state index contributed by atoms with van der Waals surface area (Å²) in [5.74, 6) is -0.199. The molecule has 5 heteroatoms. The van der Waals surface area contributed by atoms with E-state index in [1.807, 2.05) is 0 Å². The molecule has 0 aliphatic carbocycles. The fourth-order valence-electron chi connectivity index (χ4n) is 1.58. The molecule has 0 aromatic carbocycles. The Morgan fingerprint density at radius 3 is 2.93 bits per heavy atom. The van der Waals surface area contributed by atoms with Crippen LogP contribution in [0, 0.1) is 0 Å². The van der Waals surface area contributed by atoms with Crippen molar-refractivity contribution in [1.82, 2.24) is 14.9 Å². The van der Waals surface area contributed by atoms with Crippen LogP contribution in [0.5, 0.6) is 0 Å². The monoisotopic (exact) mass is 205 g/mol. The molecule has 0 saturated heterocycles. The van der Waals surface area contributed by atoms with Gasteiger partial charge in [0.1, 0.15) is 5.52 Å². The molecule has 0 aliphatic rings. The number of rotatable bonds is 1. The summed E-state index contributed by atoms with van der Waals surface area (Å²) < 4.78 is 1.39. The topological polar surface area (TPSA) is 66.9 Å². The Kier molecular flexibility index (Phi) is 2.07. The number of nitrogens with one attached hydrogen (secondary N) is 2. The SMILES string of the molecule is CNC(=O)c1cn(C)c(=O)c2[nH]ccc12. The molecule has 0 atom stereocenters. The van der Waals surface area contributed by atoms with Crippen molar-refractivity contribution in [2.75, 3.05) is 7.05 Å². The molecule has 0 fully saturated rings. The molecule has 0 bridgehead atoms. The van der Waals surface area contributed by atoms with Gasteiger partial charge in [-0.1, -0.05) is 0 Å². The van der Waals surface area contributed by atoms with Crippen molar-refractivity contribution in [2.24, 2.45) is 7.05 Å². The molecular formula is C10H11N3O2.